The van der Waals surface area contributed by atoms with Crippen LogP contribution in [-0.4, -0.2) is 32.2 Å². The molecule has 0 aliphatic carbocycles. The predicted octanol–water partition coefficient (Wildman–Crippen LogP) is 3.01. The van der Waals surface area contributed by atoms with Gasteiger partial charge in [0.25, 0.3) is 10.0 Å². The molecule has 1 aromatic carbocycles. The normalized spacial score (nSPS) is 13.0. The van der Waals surface area contributed by atoms with E-state index in [2.05, 4.69) is 21.2 Å². The van der Waals surface area contributed by atoms with Crippen molar-refractivity contribution in [3.05, 3.63) is 51.8 Å². The third kappa shape index (κ3) is 4.63. The molecule has 0 spiro atoms. The Kier molecular flexibility index (Phi) is 5.96. The van der Waals surface area contributed by atoms with E-state index in [0.29, 0.717) is 0 Å². The molecule has 1 N–H and O–H groups in total. The first-order valence-electron chi connectivity index (χ1n) is 6.86. The summed E-state index contributed by atoms with van der Waals surface area (Å²) < 4.78 is 26.7. The Morgan fingerprint density at radius 2 is 1.91 bits per heavy atom. The van der Waals surface area contributed by atoms with Gasteiger partial charge in [0.2, 0.25) is 5.91 Å². The molecule has 1 amide bonds. The van der Waals surface area contributed by atoms with Crippen LogP contribution in [0.15, 0.2) is 50.5 Å². The van der Waals surface area contributed by atoms with Crippen molar-refractivity contribution in [1.82, 2.24) is 9.62 Å². The van der Waals surface area contributed by atoms with Gasteiger partial charge >= 0.3 is 0 Å². The van der Waals surface area contributed by atoms with E-state index in [1.807, 2.05) is 37.3 Å². The summed E-state index contributed by atoms with van der Waals surface area (Å²) in [6.07, 6.45) is 0. The smallest absolute Gasteiger partial charge is 0.252 e. The number of sulfonamides is 1. The molecule has 0 radical (unpaired) electrons. The number of halogens is 1. The zero-order chi connectivity index (χ0) is 17.0. The Hall–Kier alpha value is -1.22. The van der Waals surface area contributed by atoms with E-state index in [4.69, 9.17) is 0 Å². The molecule has 23 heavy (non-hydrogen) atoms. The van der Waals surface area contributed by atoms with Crippen molar-refractivity contribution in [1.29, 1.82) is 0 Å². The Balaban J connectivity index is 1.99. The highest BCUT2D eigenvalue weighted by molar-refractivity contribution is 9.11. The molecule has 0 saturated heterocycles. The molecule has 1 atom stereocenters. The molecule has 0 aliphatic rings. The Morgan fingerprint density at radius 1 is 1.26 bits per heavy atom. The monoisotopic (exact) mass is 416 g/mol. The number of thiophene rings is 1. The molecule has 1 aromatic heterocycles. The maximum Gasteiger partial charge on any atom is 0.252 e. The van der Waals surface area contributed by atoms with Crippen LogP contribution in [0.1, 0.15) is 18.5 Å². The fourth-order valence-electron chi connectivity index (χ4n) is 1.99. The number of hydrogen-bond acceptors (Lipinski definition) is 4. The van der Waals surface area contributed by atoms with Gasteiger partial charge in [-0.25, -0.2) is 8.42 Å². The predicted molar refractivity (Wildman–Crippen MR) is 94.8 cm³/mol. The van der Waals surface area contributed by atoms with Gasteiger partial charge in [-0.1, -0.05) is 30.3 Å². The van der Waals surface area contributed by atoms with Gasteiger partial charge in [-0.2, -0.15) is 4.31 Å². The fourth-order valence-corrected chi connectivity index (χ4v) is 5.34. The number of rotatable bonds is 6. The van der Waals surface area contributed by atoms with Gasteiger partial charge in [0.15, 0.2) is 0 Å². The molecule has 124 valence electrons. The van der Waals surface area contributed by atoms with Gasteiger partial charge in [-0.15, -0.1) is 11.3 Å². The average molecular weight is 417 g/mol. The van der Waals surface area contributed by atoms with Crippen LogP contribution in [-0.2, 0) is 14.8 Å². The molecule has 0 bridgehead atoms. The molecular formula is C15H17BrN2O3S2. The van der Waals surface area contributed by atoms with Gasteiger partial charge in [0.05, 0.1) is 16.4 Å². The first kappa shape index (κ1) is 18.1. The van der Waals surface area contributed by atoms with Crippen LogP contribution in [0.5, 0.6) is 0 Å². The van der Waals surface area contributed by atoms with Crippen molar-refractivity contribution in [3.8, 4) is 0 Å². The summed E-state index contributed by atoms with van der Waals surface area (Å²) in [5, 5.41) is 2.80. The van der Waals surface area contributed by atoms with Gasteiger partial charge in [-0.3, -0.25) is 4.79 Å². The number of hydrogen-bond donors (Lipinski definition) is 1. The molecule has 1 unspecified atom stereocenters. The number of amides is 1. The summed E-state index contributed by atoms with van der Waals surface area (Å²) in [7, 11) is -2.25. The Bertz CT molecular complexity index is 775. The third-order valence-electron chi connectivity index (χ3n) is 3.26. The summed E-state index contributed by atoms with van der Waals surface area (Å²) in [6, 6.07) is 12.5. The molecule has 2 aromatic rings. The van der Waals surface area contributed by atoms with E-state index in [-0.39, 0.29) is 22.7 Å². The Labute approximate surface area is 148 Å². The minimum atomic E-state index is -3.65. The van der Waals surface area contributed by atoms with Gasteiger partial charge < -0.3 is 5.32 Å². The third-order valence-corrected chi connectivity index (χ3v) is 7.15. The number of carbonyl (C=O) groups excluding carboxylic acids is 1. The van der Waals surface area contributed by atoms with E-state index in [9.17, 15) is 13.2 Å². The zero-order valence-corrected chi connectivity index (χ0v) is 15.9. The highest BCUT2D eigenvalue weighted by Gasteiger charge is 2.25. The van der Waals surface area contributed by atoms with Gasteiger partial charge in [0.1, 0.15) is 4.21 Å². The fraction of sp³-hybridized carbons (Fsp3) is 0.267. The van der Waals surface area contributed by atoms with Crippen LogP contribution in [0, 0.1) is 0 Å². The molecule has 0 saturated carbocycles. The Morgan fingerprint density at radius 3 is 2.48 bits per heavy atom. The largest absolute Gasteiger partial charge is 0.348 e. The topological polar surface area (TPSA) is 66.5 Å². The van der Waals surface area contributed by atoms with Gasteiger partial charge in [0, 0.05) is 7.05 Å². The van der Waals surface area contributed by atoms with Crippen molar-refractivity contribution in [2.24, 2.45) is 0 Å². The van der Waals surface area contributed by atoms with E-state index >= 15 is 0 Å². The summed E-state index contributed by atoms with van der Waals surface area (Å²) in [5.74, 6) is -0.344. The molecule has 0 aliphatic heterocycles. The quantitative estimate of drug-likeness (QED) is 0.786. The minimum Gasteiger partial charge on any atom is -0.348 e. The second-order valence-corrected chi connectivity index (χ2v) is 9.75. The maximum absolute atomic E-state index is 12.4. The number of likely N-dealkylation sites (N-methyl/N-ethyl adjacent to an activating group) is 1. The second kappa shape index (κ2) is 7.57. The first-order chi connectivity index (χ1) is 10.8. The highest BCUT2D eigenvalue weighted by Crippen LogP contribution is 2.27. The first-order valence-corrected chi connectivity index (χ1v) is 9.91. The van der Waals surface area contributed by atoms with Crippen molar-refractivity contribution >= 4 is 43.2 Å². The lowest BCUT2D eigenvalue weighted by atomic mass is 10.1. The summed E-state index contributed by atoms with van der Waals surface area (Å²) in [6.45, 7) is 1.63. The van der Waals surface area contributed by atoms with E-state index < -0.39 is 10.0 Å². The molecule has 8 heteroatoms. The van der Waals surface area contributed by atoms with Crippen LogP contribution in [0.25, 0.3) is 0 Å². The van der Waals surface area contributed by atoms with Crippen LogP contribution < -0.4 is 5.32 Å². The number of nitrogens with zero attached hydrogens (tertiary/aromatic N) is 1. The molecule has 2 rings (SSSR count). The van der Waals surface area contributed by atoms with E-state index in [1.54, 1.807) is 6.07 Å². The molecule has 5 nitrogen and oxygen atoms in total. The van der Waals surface area contributed by atoms with Crippen LogP contribution in [0.4, 0.5) is 0 Å². The lowest BCUT2D eigenvalue weighted by Gasteiger charge is -2.18. The minimum absolute atomic E-state index is 0.185. The van der Waals surface area contributed by atoms with E-state index in [1.165, 1.54) is 13.1 Å². The van der Waals surface area contributed by atoms with Crippen molar-refractivity contribution in [2.45, 2.75) is 17.2 Å². The van der Waals surface area contributed by atoms with Crippen molar-refractivity contribution < 1.29 is 13.2 Å². The number of benzene rings is 1. The summed E-state index contributed by atoms with van der Waals surface area (Å²) in [5.41, 5.74) is 0.966. The number of nitrogens with one attached hydrogen (secondary N) is 1. The zero-order valence-electron chi connectivity index (χ0n) is 12.7. The maximum atomic E-state index is 12.4. The lowest BCUT2D eigenvalue weighted by molar-refractivity contribution is -0.121. The summed E-state index contributed by atoms with van der Waals surface area (Å²) >= 11 is 4.36. The van der Waals surface area contributed by atoms with Crippen molar-refractivity contribution in [2.75, 3.05) is 13.6 Å². The standard InChI is InChI=1S/C15H17BrN2O3S2/c1-11(12-6-4-3-5-7-12)17-14(19)10-18(2)23(20,21)15-9-8-13(16)22-15/h3-9,11H,10H2,1-2H3,(H,17,19). The lowest BCUT2D eigenvalue weighted by Crippen LogP contribution is -2.39. The van der Waals surface area contributed by atoms with Gasteiger partial charge in [-0.05, 0) is 40.5 Å². The molecular weight excluding hydrogens is 400 g/mol. The van der Waals surface area contributed by atoms with Crippen LogP contribution in [0.2, 0.25) is 0 Å². The average Bonchev–Trinajstić information content (AvgIpc) is 2.95. The second-order valence-electron chi connectivity index (χ2n) is 5.02. The summed E-state index contributed by atoms with van der Waals surface area (Å²) in [4.78, 5) is 12.1. The SMILES string of the molecule is CC(NC(=O)CN(C)S(=O)(=O)c1ccc(Br)s1)c1ccccc1. The number of carbonyl (C=O) groups is 1. The highest BCUT2D eigenvalue weighted by atomic mass is 79.9. The molecule has 0 fully saturated rings. The van der Waals surface area contributed by atoms with Crippen molar-refractivity contribution in [3.63, 3.8) is 0 Å². The van der Waals surface area contributed by atoms with Crippen LogP contribution >= 0.6 is 27.3 Å². The van der Waals surface area contributed by atoms with E-state index in [0.717, 1.165) is 25.0 Å². The van der Waals surface area contributed by atoms with Crippen LogP contribution in [0.3, 0.4) is 0 Å². The molecule has 1 heterocycles.